The van der Waals surface area contributed by atoms with E-state index in [4.69, 9.17) is 17.3 Å². The lowest BCUT2D eigenvalue weighted by Crippen LogP contribution is -2.46. The first kappa shape index (κ1) is 16.3. The van der Waals surface area contributed by atoms with Gasteiger partial charge in [-0.25, -0.2) is 0 Å². The molecule has 2 aliphatic rings. The Bertz CT molecular complexity index is 614. The number of halogens is 1. The van der Waals surface area contributed by atoms with Crippen LogP contribution in [0.25, 0.3) is 0 Å². The van der Waals surface area contributed by atoms with E-state index in [0.717, 1.165) is 18.4 Å². The molecule has 0 aromatic heterocycles. The summed E-state index contributed by atoms with van der Waals surface area (Å²) in [5.41, 5.74) is 6.83. The lowest BCUT2D eigenvalue weighted by molar-refractivity contribution is -0.137. The van der Waals surface area contributed by atoms with E-state index < -0.39 is 0 Å². The fourth-order valence-corrected chi connectivity index (χ4v) is 3.79. The first-order chi connectivity index (χ1) is 11.0. The van der Waals surface area contributed by atoms with Crippen molar-refractivity contribution in [3.05, 3.63) is 34.9 Å². The second-order valence-corrected chi connectivity index (χ2v) is 6.91. The van der Waals surface area contributed by atoms with E-state index in [2.05, 4.69) is 0 Å². The summed E-state index contributed by atoms with van der Waals surface area (Å²) in [4.78, 5) is 28.7. The highest BCUT2D eigenvalue weighted by atomic mass is 35.5. The molecule has 2 aliphatic heterocycles. The van der Waals surface area contributed by atoms with Gasteiger partial charge in [-0.2, -0.15) is 0 Å². The van der Waals surface area contributed by atoms with Gasteiger partial charge in [-0.3, -0.25) is 9.59 Å². The van der Waals surface area contributed by atoms with Gasteiger partial charge in [0.25, 0.3) is 0 Å². The van der Waals surface area contributed by atoms with E-state index >= 15 is 0 Å². The average molecular weight is 336 g/mol. The fraction of sp³-hybridized carbons (Fsp3) is 0.529. The lowest BCUT2D eigenvalue weighted by atomic mass is 9.91. The van der Waals surface area contributed by atoms with Gasteiger partial charge in [-0.05, 0) is 30.5 Å². The molecule has 23 heavy (non-hydrogen) atoms. The van der Waals surface area contributed by atoms with Crippen molar-refractivity contribution in [2.75, 3.05) is 20.1 Å². The van der Waals surface area contributed by atoms with E-state index in [1.54, 1.807) is 18.0 Å². The van der Waals surface area contributed by atoms with Gasteiger partial charge in [0, 0.05) is 37.6 Å². The molecular weight excluding hydrogens is 314 g/mol. The number of hydrogen-bond donors (Lipinski definition) is 1. The van der Waals surface area contributed by atoms with Gasteiger partial charge in [-0.1, -0.05) is 23.7 Å². The van der Waals surface area contributed by atoms with Crippen LogP contribution in [0.5, 0.6) is 0 Å². The van der Waals surface area contributed by atoms with Crippen molar-refractivity contribution in [2.45, 2.75) is 31.3 Å². The molecule has 0 bridgehead atoms. The fourth-order valence-electron chi connectivity index (χ4n) is 3.59. The Morgan fingerprint density at radius 2 is 2.00 bits per heavy atom. The number of carbonyl (C=O) groups excluding carboxylic acids is 2. The highest BCUT2D eigenvalue weighted by molar-refractivity contribution is 6.30. The van der Waals surface area contributed by atoms with Crippen molar-refractivity contribution in [3.8, 4) is 0 Å². The molecule has 5 nitrogen and oxygen atoms in total. The van der Waals surface area contributed by atoms with Gasteiger partial charge >= 0.3 is 0 Å². The average Bonchev–Trinajstić information content (AvgIpc) is 2.83. The molecule has 0 spiro atoms. The number of benzene rings is 1. The largest absolute Gasteiger partial charge is 0.342 e. The number of carbonyl (C=O) groups is 2. The minimum Gasteiger partial charge on any atom is -0.342 e. The second kappa shape index (κ2) is 6.49. The first-order valence-electron chi connectivity index (χ1n) is 8.03. The van der Waals surface area contributed by atoms with Gasteiger partial charge in [0.05, 0.1) is 12.0 Å². The van der Waals surface area contributed by atoms with Crippen molar-refractivity contribution >= 4 is 23.4 Å². The first-order valence-corrected chi connectivity index (χ1v) is 8.40. The Kier molecular flexibility index (Phi) is 4.60. The van der Waals surface area contributed by atoms with E-state index in [0.29, 0.717) is 18.1 Å². The molecule has 2 fully saturated rings. The summed E-state index contributed by atoms with van der Waals surface area (Å²) in [5.74, 6) is -0.290. The number of piperidine rings is 1. The minimum absolute atomic E-state index is 0.00189. The molecule has 0 saturated carbocycles. The topological polar surface area (TPSA) is 66.6 Å². The van der Waals surface area contributed by atoms with Crippen molar-refractivity contribution in [1.82, 2.24) is 9.80 Å². The summed E-state index contributed by atoms with van der Waals surface area (Å²) >= 11 is 6.09. The number of nitrogens with two attached hydrogens (primary N) is 1. The third kappa shape index (κ3) is 3.21. The maximum atomic E-state index is 12.9. The molecule has 2 atom stereocenters. The summed E-state index contributed by atoms with van der Waals surface area (Å²) in [6, 6.07) is 7.35. The van der Waals surface area contributed by atoms with Crippen LogP contribution in [0.2, 0.25) is 5.02 Å². The van der Waals surface area contributed by atoms with Crippen molar-refractivity contribution < 1.29 is 9.59 Å². The highest BCUT2D eigenvalue weighted by Gasteiger charge is 2.44. The smallest absolute Gasteiger partial charge is 0.228 e. The molecule has 0 aliphatic carbocycles. The second-order valence-electron chi connectivity index (χ2n) is 6.48. The molecule has 2 N–H and O–H groups in total. The molecule has 0 radical (unpaired) electrons. The van der Waals surface area contributed by atoms with Crippen molar-refractivity contribution in [3.63, 3.8) is 0 Å². The van der Waals surface area contributed by atoms with Gasteiger partial charge in [-0.15, -0.1) is 0 Å². The Hall–Kier alpha value is -1.59. The molecule has 2 amide bonds. The monoisotopic (exact) mass is 335 g/mol. The van der Waals surface area contributed by atoms with E-state index in [9.17, 15) is 9.59 Å². The van der Waals surface area contributed by atoms with Crippen molar-refractivity contribution in [1.29, 1.82) is 0 Å². The maximum absolute atomic E-state index is 12.9. The minimum atomic E-state index is -0.347. The molecular formula is C17H22ClN3O2. The van der Waals surface area contributed by atoms with E-state index in [1.807, 2.05) is 23.1 Å². The Labute approximate surface area is 141 Å². The molecule has 1 aromatic carbocycles. The quantitative estimate of drug-likeness (QED) is 0.896. The maximum Gasteiger partial charge on any atom is 0.228 e. The van der Waals surface area contributed by atoms with Crippen LogP contribution in [-0.4, -0.2) is 47.8 Å². The Balaban J connectivity index is 1.84. The standard InChI is InChI=1S/C17H22ClN3O2/c1-20-15(22)10-14(16(20)11-3-2-4-12(18)9-11)17(23)21-7-5-13(19)6-8-21/h2-4,9,13-14,16H,5-8,10,19H2,1H3. The van der Waals surface area contributed by atoms with Crippen LogP contribution >= 0.6 is 11.6 Å². The number of likely N-dealkylation sites (tertiary alicyclic amines) is 2. The lowest BCUT2D eigenvalue weighted by Gasteiger charge is -2.34. The van der Waals surface area contributed by atoms with Crippen LogP contribution in [0.1, 0.15) is 30.9 Å². The van der Waals surface area contributed by atoms with Crippen molar-refractivity contribution in [2.24, 2.45) is 11.7 Å². The van der Waals surface area contributed by atoms with Gasteiger partial charge in [0.2, 0.25) is 11.8 Å². The van der Waals surface area contributed by atoms with Crippen LogP contribution < -0.4 is 5.73 Å². The normalized spacial score (nSPS) is 26.0. The number of rotatable bonds is 2. The Morgan fingerprint density at radius 1 is 1.30 bits per heavy atom. The molecule has 2 saturated heterocycles. The zero-order valence-electron chi connectivity index (χ0n) is 13.2. The predicted molar refractivity (Wildman–Crippen MR) is 88.9 cm³/mol. The Morgan fingerprint density at radius 3 is 2.65 bits per heavy atom. The van der Waals surface area contributed by atoms with Crippen LogP contribution in [0.3, 0.4) is 0 Å². The zero-order chi connectivity index (χ0) is 16.6. The highest BCUT2D eigenvalue weighted by Crippen LogP contribution is 2.39. The van der Waals surface area contributed by atoms with Crippen LogP contribution in [0.4, 0.5) is 0 Å². The third-order valence-corrected chi connectivity index (χ3v) is 5.18. The number of amides is 2. The SMILES string of the molecule is CN1C(=O)CC(C(=O)N2CCC(N)CC2)C1c1cccc(Cl)c1. The molecule has 3 rings (SSSR count). The summed E-state index contributed by atoms with van der Waals surface area (Å²) < 4.78 is 0. The van der Waals surface area contributed by atoms with E-state index in [1.165, 1.54) is 0 Å². The molecule has 124 valence electrons. The van der Waals surface area contributed by atoms with Gasteiger partial charge < -0.3 is 15.5 Å². The van der Waals surface area contributed by atoms with Crippen LogP contribution in [0.15, 0.2) is 24.3 Å². The molecule has 6 heteroatoms. The summed E-state index contributed by atoms with van der Waals surface area (Å²) in [6.45, 7) is 1.35. The van der Waals surface area contributed by atoms with Gasteiger partial charge in [0.15, 0.2) is 0 Å². The summed E-state index contributed by atoms with van der Waals surface area (Å²) in [7, 11) is 1.76. The van der Waals surface area contributed by atoms with E-state index in [-0.39, 0.29) is 36.2 Å². The van der Waals surface area contributed by atoms with Gasteiger partial charge in [0.1, 0.15) is 0 Å². The predicted octanol–water partition coefficient (Wildman–Crippen LogP) is 1.81. The number of nitrogens with zero attached hydrogens (tertiary/aromatic N) is 2. The summed E-state index contributed by atoms with van der Waals surface area (Å²) in [5, 5.41) is 0.616. The molecule has 2 heterocycles. The van der Waals surface area contributed by atoms with Crippen LogP contribution in [0, 0.1) is 5.92 Å². The summed E-state index contributed by atoms with van der Waals surface area (Å²) in [6.07, 6.45) is 1.91. The molecule has 2 unspecified atom stereocenters. The zero-order valence-corrected chi connectivity index (χ0v) is 14.0. The third-order valence-electron chi connectivity index (χ3n) is 4.94. The van der Waals surface area contributed by atoms with Crippen LogP contribution in [-0.2, 0) is 9.59 Å². The number of hydrogen-bond acceptors (Lipinski definition) is 3. The molecule has 1 aromatic rings.